The lowest BCUT2D eigenvalue weighted by Gasteiger charge is -2.13. The first kappa shape index (κ1) is 11.3. The van der Waals surface area contributed by atoms with Gasteiger partial charge >= 0.3 is 0 Å². The zero-order valence-electron chi connectivity index (χ0n) is 8.69. The highest BCUT2D eigenvalue weighted by atomic mass is 16.5. The van der Waals surface area contributed by atoms with E-state index in [0.29, 0.717) is 11.5 Å². The Kier molecular flexibility index (Phi) is 3.93. The third-order valence-electron chi connectivity index (χ3n) is 1.87. The fourth-order valence-corrected chi connectivity index (χ4v) is 1.05. The third kappa shape index (κ3) is 3.14. The molecule has 0 aliphatic carbocycles. The zero-order valence-corrected chi connectivity index (χ0v) is 8.69. The highest BCUT2D eigenvalue weighted by Gasteiger charge is 2.12. The van der Waals surface area contributed by atoms with Crippen molar-refractivity contribution in [3.8, 4) is 11.5 Å². The van der Waals surface area contributed by atoms with E-state index in [1.165, 1.54) is 0 Å². The second kappa shape index (κ2) is 5.21. The number of nitrogens with two attached hydrogens (primary N) is 1. The van der Waals surface area contributed by atoms with Crippen LogP contribution in [0.25, 0.3) is 0 Å². The summed E-state index contributed by atoms with van der Waals surface area (Å²) in [5.41, 5.74) is 2.02. The first-order valence-corrected chi connectivity index (χ1v) is 4.48. The molecule has 5 nitrogen and oxygen atoms in total. The summed E-state index contributed by atoms with van der Waals surface area (Å²) in [5, 5.41) is 0. The van der Waals surface area contributed by atoms with Gasteiger partial charge in [0.15, 0.2) is 6.10 Å². The fraction of sp³-hybridized carbons (Fsp3) is 0.300. The van der Waals surface area contributed by atoms with Crippen molar-refractivity contribution >= 4 is 5.91 Å². The average molecular weight is 210 g/mol. The molecule has 3 N–H and O–H groups in total. The Morgan fingerprint density at radius 3 is 2.73 bits per heavy atom. The molecule has 0 spiro atoms. The van der Waals surface area contributed by atoms with E-state index in [0.717, 1.165) is 0 Å². The Labute approximate surface area is 88.1 Å². The van der Waals surface area contributed by atoms with Gasteiger partial charge in [-0.15, -0.1) is 0 Å². The lowest BCUT2D eigenvalue weighted by Crippen LogP contribution is -2.40. The van der Waals surface area contributed by atoms with Gasteiger partial charge in [0.1, 0.15) is 11.5 Å². The molecule has 1 aromatic rings. The standard InChI is InChI=1S/C10H14N2O3/c1-7(10(13)12-11)15-9-5-3-4-8(6-9)14-2/h3-7H,11H2,1-2H3,(H,12,13). The van der Waals surface area contributed by atoms with Gasteiger partial charge in [-0.3, -0.25) is 10.2 Å². The summed E-state index contributed by atoms with van der Waals surface area (Å²) in [7, 11) is 1.56. The van der Waals surface area contributed by atoms with E-state index in [1.807, 2.05) is 5.43 Å². The number of ether oxygens (including phenoxy) is 2. The second-order valence-corrected chi connectivity index (χ2v) is 2.95. The Balaban J connectivity index is 2.67. The largest absolute Gasteiger partial charge is 0.497 e. The normalized spacial score (nSPS) is 11.7. The van der Waals surface area contributed by atoms with Gasteiger partial charge in [-0.25, -0.2) is 5.84 Å². The van der Waals surface area contributed by atoms with Crippen LogP contribution in [0, 0.1) is 0 Å². The smallest absolute Gasteiger partial charge is 0.274 e. The molecule has 1 atom stereocenters. The quantitative estimate of drug-likeness (QED) is 0.430. The summed E-state index contributed by atoms with van der Waals surface area (Å²) in [6.07, 6.45) is -0.637. The first-order valence-electron chi connectivity index (χ1n) is 4.48. The minimum atomic E-state index is -0.637. The van der Waals surface area contributed by atoms with Gasteiger partial charge in [0.2, 0.25) is 0 Å². The van der Waals surface area contributed by atoms with Crippen molar-refractivity contribution < 1.29 is 14.3 Å². The molecule has 1 aromatic carbocycles. The molecule has 0 fully saturated rings. The molecule has 0 bridgehead atoms. The van der Waals surface area contributed by atoms with Crippen molar-refractivity contribution in [3.63, 3.8) is 0 Å². The van der Waals surface area contributed by atoms with Crippen molar-refractivity contribution in [2.45, 2.75) is 13.0 Å². The number of carbonyl (C=O) groups excluding carboxylic acids is 1. The molecular weight excluding hydrogens is 196 g/mol. The number of hydrogen-bond acceptors (Lipinski definition) is 4. The Bertz CT molecular complexity index is 341. The molecule has 0 aromatic heterocycles. The van der Waals surface area contributed by atoms with Crippen LogP contribution in [-0.4, -0.2) is 19.1 Å². The molecule has 0 aliphatic heterocycles. The number of amides is 1. The van der Waals surface area contributed by atoms with Gasteiger partial charge < -0.3 is 9.47 Å². The molecule has 0 heterocycles. The highest BCUT2D eigenvalue weighted by Crippen LogP contribution is 2.19. The zero-order chi connectivity index (χ0) is 11.3. The van der Waals surface area contributed by atoms with E-state index in [1.54, 1.807) is 38.3 Å². The maximum atomic E-state index is 11.1. The van der Waals surface area contributed by atoms with Crippen molar-refractivity contribution in [1.29, 1.82) is 0 Å². The van der Waals surface area contributed by atoms with E-state index in [9.17, 15) is 4.79 Å². The lowest BCUT2D eigenvalue weighted by molar-refractivity contribution is -0.127. The summed E-state index contributed by atoms with van der Waals surface area (Å²) in [6, 6.07) is 7.00. The van der Waals surface area contributed by atoms with Crippen LogP contribution in [-0.2, 0) is 4.79 Å². The topological polar surface area (TPSA) is 73.6 Å². The average Bonchev–Trinajstić information content (AvgIpc) is 2.28. The third-order valence-corrected chi connectivity index (χ3v) is 1.87. The van der Waals surface area contributed by atoms with Crippen LogP contribution in [0.2, 0.25) is 0 Å². The summed E-state index contributed by atoms with van der Waals surface area (Å²) in [4.78, 5) is 11.1. The van der Waals surface area contributed by atoms with Crippen LogP contribution < -0.4 is 20.7 Å². The van der Waals surface area contributed by atoms with Crippen LogP contribution in [0.3, 0.4) is 0 Å². The second-order valence-electron chi connectivity index (χ2n) is 2.95. The van der Waals surface area contributed by atoms with Gasteiger partial charge in [0.05, 0.1) is 7.11 Å². The predicted octanol–water partition coefficient (Wildman–Crippen LogP) is 0.452. The Morgan fingerprint density at radius 2 is 2.13 bits per heavy atom. The maximum Gasteiger partial charge on any atom is 0.274 e. The number of hydrazine groups is 1. The first-order chi connectivity index (χ1) is 7.17. The Hall–Kier alpha value is -1.75. The number of rotatable bonds is 4. The van der Waals surface area contributed by atoms with E-state index in [-0.39, 0.29) is 5.91 Å². The number of methoxy groups -OCH3 is 1. The minimum Gasteiger partial charge on any atom is -0.497 e. The number of nitrogens with one attached hydrogen (secondary N) is 1. The molecule has 0 saturated carbocycles. The molecule has 1 amide bonds. The van der Waals surface area contributed by atoms with Crippen molar-refractivity contribution in [2.24, 2.45) is 5.84 Å². The molecule has 1 rings (SSSR count). The molecule has 1 unspecified atom stereocenters. The van der Waals surface area contributed by atoms with Gasteiger partial charge in [-0.05, 0) is 19.1 Å². The molecule has 0 saturated heterocycles. The molecule has 82 valence electrons. The van der Waals surface area contributed by atoms with Crippen LogP contribution in [0.5, 0.6) is 11.5 Å². The summed E-state index contributed by atoms with van der Waals surface area (Å²) in [5.74, 6) is 5.84. The molecule has 15 heavy (non-hydrogen) atoms. The number of benzene rings is 1. The molecule has 0 aliphatic rings. The molecular formula is C10H14N2O3. The summed E-state index contributed by atoms with van der Waals surface area (Å²) < 4.78 is 10.4. The SMILES string of the molecule is COc1cccc(OC(C)C(=O)NN)c1. The Morgan fingerprint density at radius 1 is 1.47 bits per heavy atom. The van der Waals surface area contributed by atoms with Gasteiger partial charge in [-0.1, -0.05) is 6.07 Å². The number of carbonyl (C=O) groups is 1. The van der Waals surface area contributed by atoms with E-state index < -0.39 is 6.10 Å². The van der Waals surface area contributed by atoms with E-state index >= 15 is 0 Å². The van der Waals surface area contributed by atoms with Gasteiger partial charge in [0.25, 0.3) is 5.91 Å². The van der Waals surface area contributed by atoms with E-state index in [2.05, 4.69) is 0 Å². The van der Waals surface area contributed by atoms with Crippen LogP contribution in [0.4, 0.5) is 0 Å². The molecule has 0 radical (unpaired) electrons. The van der Waals surface area contributed by atoms with Gasteiger partial charge in [-0.2, -0.15) is 0 Å². The van der Waals surface area contributed by atoms with Crippen molar-refractivity contribution in [3.05, 3.63) is 24.3 Å². The van der Waals surface area contributed by atoms with Crippen molar-refractivity contribution in [2.75, 3.05) is 7.11 Å². The van der Waals surface area contributed by atoms with Crippen LogP contribution in [0.15, 0.2) is 24.3 Å². The van der Waals surface area contributed by atoms with Gasteiger partial charge in [0, 0.05) is 6.07 Å². The molecule has 5 heteroatoms. The number of hydrogen-bond donors (Lipinski definition) is 2. The van der Waals surface area contributed by atoms with Crippen LogP contribution in [0.1, 0.15) is 6.92 Å². The lowest BCUT2D eigenvalue weighted by atomic mass is 10.3. The van der Waals surface area contributed by atoms with E-state index in [4.69, 9.17) is 15.3 Å². The predicted molar refractivity (Wildman–Crippen MR) is 55.4 cm³/mol. The summed E-state index contributed by atoms with van der Waals surface area (Å²) >= 11 is 0. The summed E-state index contributed by atoms with van der Waals surface area (Å²) in [6.45, 7) is 1.61. The fourth-order valence-electron chi connectivity index (χ4n) is 1.05. The minimum absolute atomic E-state index is 0.377. The highest BCUT2D eigenvalue weighted by molar-refractivity contribution is 5.80. The van der Waals surface area contributed by atoms with Crippen LogP contribution >= 0.6 is 0 Å². The van der Waals surface area contributed by atoms with Crippen molar-refractivity contribution in [1.82, 2.24) is 5.43 Å². The maximum absolute atomic E-state index is 11.1. The monoisotopic (exact) mass is 210 g/mol.